The van der Waals surface area contributed by atoms with Crippen molar-refractivity contribution in [2.24, 2.45) is 28.2 Å². The minimum Gasteiger partial charge on any atom is -0.383 e. The maximum absolute atomic E-state index is 13.4. The number of amides is 1. The molecule has 0 aliphatic heterocycles. The molecule has 1 aromatic heterocycles. The Bertz CT molecular complexity index is 820. The lowest BCUT2D eigenvalue weighted by molar-refractivity contribution is -0.129. The third kappa shape index (κ3) is 3.07. The van der Waals surface area contributed by atoms with Crippen molar-refractivity contribution in [3.8, 4) is 0 Å². The van der Waals surface area contributed by atoms with Gasteiger partial charge in [0.1, 0.15) is 0 Å². The van der Waals surface area contributed by atoms with E-state index < -0.39 is 0 Å². The fourth-order valence-electron chi connectivity index (χ4n) is 6.37. The first-order chi connectivity index (χ1) is 13.2. The summed E-state index contributed by atoms with van der Waals surface area (Å²) in [6, 6.07) is 0. The predicted octanol–water partition coefficient (Wildman–Crippen LogP) is 4.41. The van der Waals surface area contributed by atoms with Gasteiger partial charge in [-0.1, -0.05) is 17.4 Å². The third-order valence-electron chi connectivity index (χ3n) is 7.48. The minimum atomic E-state index is -0.124. The van der Waals surface area contributed by atoms with Crippen molar-refractivity contribution in [3.63, 3.8) is 0 Å². The Morgan fingerprint density at radius 1 is 1.30 bits per heavy atom. The molecule has 27 heavy (non-hydrogen) atoms. The summed E-state index contributed by atoms with van der Waals surface area (Å²) < 4.78 is 7.44. The molecule has 1 amide bonds. The van der Waals surface area contributed by atoms with Crippen LogP contribution in [-0.2, 0) is 16.1 Å². The quantitative estimate of drug-likeness (QED) is 0.752. The van der Waals surface area contributed by atoms with Crippen LogP contribution in [0.4, 0.5) is 0 Å². The first kappa shape index (κ1) is 17.9. The fraction of sp³-hybridized carbons (Fsp3) is 0.727. The first-order valence-corrected chi connectivity index (χ1v) is 11.5. The highest BCUT2D eigenvalue weighted by atomic mass is 32.1. The van der Waals surface area contributed by atoms with Gasteiger partial charge in [0, 0.05) is 24.7 Å². The Morgan fingerprint density at radius 3 is 2.81 bits per heavy atom. The molecular weight excluding hydrogens is 356 g/mol. The zero-order chi connectivity index (χ0) is 18.4. The molecule has 4 fully saturated rings. The lowest BCUT2D eigenvalue weighted by Gasteiger charge is -2.29. The van der Waals surface area contributed by atoms with Gasteiger partial charge in [-0.3, -0.25) is 4.79 Å². The van der Waals surface area contributed by atoms with E-state index in [0.717, 1.165) is 42.4 Å². The Morgan fingerprint density at radius 2 is 2.11 bits per heavy atom. The van der Waals surface area contributed by atoms with E-state index in [1.807, 2.05) is 0 Å². The van der Waals surface area contributed by atoms with Crippen LogP contribution < -0.4 is 4.80 Å². The van der Waals surface area contributed by atoms with E-state index in [2.05, 4.69) is 16.8 Å². The molecule has 2 atom stereocenters. The van der Waals surface area contributed by atoms with Crippen LogP contribution in [0.1, 0.15) is 62.7 Å². The summed E-state index contributed by atoms with van der Waals surface area (Å²) in [5.74, 6) is 2.35. The number of thiazole rings is 1. The molecule has 0 radical (unpaired) electrons. The number of carbonyl (C=O) groups excluding carboxylic acids is 1. The number of hydrogen-bond donors (Lipinski definition) is 0. The Labute approximate surface area is 165 Å². The van der Waals surface area contributed by atoms with Crippen molar-refractivity contribution in [2.75, 3.05) is 13.7 Å². The summed E-state index contributed by atoms with van der Waals surface area (Å²) in [6.07, 6.45) is 15.5. The molecule has 1 heterocycles. The molecule has 2 unspecified atom stereocenters. The SMILES string of the molecule is COCCn1cc(C2=CCCCC2)sc1=NC(=O)C12CC3CC(CC1C3)C2. The van der Waals surface area contributed by atoms with Gasteiger partial charge in [0.15, 0.2) is 4.80 Å². The number of carbonyl (C=O) groups is 1. The molecule has 5 aliphatic carbocycles. The second-order valence-electron chi connectivity index (χ2n) is 9.16. The largest absolute Gasteiger partial charge is 0.383 e. The Kier molecular flexibility index (Phi) is 4.63. The highest BCUT2D eigenvalue weighted by Crippen LogP contribution is 2.65. The van der Waals surface area contributed by atoms with E-state index in [1.165, 1.54) is 49.0 Å². The molecule has 5 heteroatoms. The fourth-order valence-corrected chi connectivity index (χ4v) is 7.45. The number of methoxy groups -OCH3 is 1. The molecule has 0 saturated heterocycles. The number of nitrogens with zero attached hydrogens (tertiary/aromatic N) is 2. The summed E-state index contributed by atoms with van der Waals surface area (Å²) in [5, 5.41) is 0. The number of ether oxygens (including phenoxy) is 1. The minimum absolute atomic E-state index is 0.124. The number of aromatic nitrogens is 1. The smallest absolute Gasteiger partial charge is 0.254 e. The zero-order valence-electron chi connectivity index (χ0n) is 16.3. The van der Waals surface area contributed by atoms with Gasteiger partial charge in [0.05, 0.1) is 12.0 Å². The van der Waals surface area contributed by atoms with E-state index in [-0.39, 0.29) is 11.3 Å². The molecule has 4 bridgehead atoms. The van der Waals surface area contributed by atoms with Gasteiger partial charge >= 0.3 is 0 Å². The Hall–Kier alpha value is -1.20. The number of allylic oxidation sites excluding steroid dienone is 2. The van der Waals surface area contributed by atoms with Gasteiger partial charge in [0.25, 0.3) is 5.91 Å². The molecule has 146 valence electrons. The molecule has 4 nitrogen and oxygen atoms in total. The van der Waals surface area contributed by atoms with Crippen molar-refractivity contribution in [1.82, 2.24) is 4.57 Å². The monoisotopic (exact) mass is 386 g/mol. The second kappa shape index (κ2) is 7.00. The average Bonchev–Trinajstić information content (AvgIpc) is 3.28. The van der Waals surface area contributed by atoms with Crippen LogP contribution in [-0.4, -0.2) is 24.2 Å². The molecule has 6 rings (SSSR count). The predicted molar refractivity (Wildman–Crippen MR) is 107 cm³/mol. The topological polar surface area (TPSA) is 43.6 Å². The number of hydrogen-bond acceptors (Lipinski definition) is 3. The van der Waals surface area contributed by atoms with Crippen molar-refractivity contribution < 1.29 is 9.53 Å². The highest BCUT2D eigenvalue weighted by molar-refractivity contribution is 7.10. The molecule has 5 aliphatic rings. The van der Waals surface area contributed by atoms with Crippen molar-refractivity contribution in [3.05, 3.63) is 22.0 Å². The van der Waals surface area contributed by atoms with E-state index in [0.29, 0.717) is 12.5 Å². The molecule has 0 spiro atoms. The van der Waals surface area contributed by atoms with Crippen LogP contribution in [0.15, 0.2) is 17.3 Å². The van der Waals surface area contributed by atoms with Gasteiger partial charge in [-0.15, -0.1) is 0 Å². The molecule has 0 aromatic carbocycles. The van der Waals surface area contributed by atoms with Gasteiger partial charge in [-0.2, -0.15) is 4.99 Å². The summed E-state index contributed by atoms with van der Waals surface area (Å²) in [4.78, 5) is 20.3. The maximum Gasteiger partial charge on any atom is 0.254 e. The van der Waals surface area contributed by atoms with Crippen LogP contribution >= 0.6 is 11.3 Å². The van der Waals surface area contributed by atoms with E-state index in [4.69, 9.17) is 9.73 Å². The lowest BCUT2D eigenvalue weighted by Crippen LogP contribution is -2.33. The van der Waals surface area contributed by atoms with Crippen molar-refractivity contribution in [2.45, 2.75) is 64.3 Å². The van der Waals surface area contributed by atoms with E-state index >= 15 is 0 Å². The summed E-state index contributed by atoms with van der Waals surface area (Å²) in [5.41, 5.74) is 1.31. The lowest BCUT2D eigenvalue weighted by atomic mass is 9.75. The second-order valence-corrected chi connectivity index (χ2v) is 10.2. The van der Waals surface area contributed by atoms with Crippen molar-refractivity contribution >= 4 is 22.8 Å². The maximum atomic E-state index is 13.4. The van der Waals surface area contributed by atoms with Gasteiger partial charge in [-0.25, -0.2) is 0 Å². The molecular formula is C22H30N2O2S. The van der Waals surface area contributed by atoms with Crippen LogP contribution in [0.3, 0.4) is 0 Å². The number of rotatable bonds is 5. The van der Waals surface area contributed by atoms with Gasteiger partial charge in [-0.05, 0) is 81.1 Å². The summed E-state index contributed by atoms with van der Waals surface area (Å²) in [6.45, 7) is 1.41. The molecule has 0 N–H and O–H groups in total. The van der Waals surface area contributed by atoms with E-state index in [9.17, 15) is 4.79 Å². The zero-order valence-corrected chi connectivity index (χ0v) is 17.1. The highest BCUT2D eigenvalue weighted by Gasteiger charge is 2.61. The van der Waals surface area contributed by atoms with Gasteiger partial charge < -0.3 is 9.30 Å². The van der Waals surface area contributed by atoms with Gasteiger partial charge in [0.2, 0.25) is 0 Å². The van der Waals surface area contributed by atoms with Crippen LogP contribution in [0.5, 0.6) is 0 Å². The summed E-state index contributed by atoms with van der Waals surface area (Å²) >= 11 is 1.70. The average molecular weight is 387 g/mol. The van der Waals surface area contributed by atoms with Crippen LogP contribution in [0.2, 0.25) is 0 Å². The van der Waals surface area contributed by atoms with Crippen molar-refractivity contribution in [1.29, 1.82) is 0 Å². The normalized spacial score (nSPS) is 35.1. The molecule has 4 saturated carbocycles. The van der Waals surface area contributed by atoms with Crippen LogP contribution in [0, 0.1) is 23.2 Å². The standard InChI is InChI=1S/C22H30N2O2S/c1-26-8-7-24-14-19(17-5-3-2-4-6-17)27-21(24)23-20(25)22-12-15-9-16(13-22)11-18(22)10-15/h5,14-16,18H,2-4,6-13H2,1H3. The van der Waals surface area contributed by atoms with E-state index in [1.54, 1.807) is 18.4 Å². The summed E-state index contributed by atoms with van der Waals surface area (Å²) in [7, 11) is 1.73. The Balaban J connectivity index is 1.48. The first-order valence-electron chi connectivity index (χ1n) is 10.7. The third-order valence-corrected chi connectivity index (χ3v) is 8.57. The molecule has 1 aromatic rings. The van der Waals surface area contributed by atoms with Crippen LogP contribution in [0.25, 0.3) is 5.57 Å².